The van der Waals surface area contributed by atoms with E-state index in [0.717, 1.165) is 6.07 Å². The molecule has 13 heteroatoms. The van der Waals surface area contributed by atoms with Gasteiger partial charge < -0.3 is 4.52 Å². The van der Waals surface area contributed by atoms with Crippen LogP contribution in [0.25, 0.3) is 11.4 Å². The largest absolute Gasteiger partial charge is 0.471 e. The summed E-state index contributed by atoms with van der Waals surface area (Å²) >= 11 is 0. The molecule has 3 rings (SSSR count). The second-order valence-corrected chi connectivity index (χ2v) is 7.66. The lowest BCUT2D eigenvalue weighted by atomic mass is 10.1. The summed E-state index contributed by atoms with van der Waals surface area (Å²) in [5, 5.41) is 14.2. The summed E-state index contributed by atoms with van der Waals surface area (Å²) in [6.45, 7) is 1.70. The zero-order valence-electron chi connectivity index (χ0n) is 15.2. The first-order chi connectivity index (χ1) is 14.0. The molecule has 1 heterocycles. The molecule has 1 N–H and O–H groups in total. The van der Waals surface area contributed by atoms with Gasteiger partial charge in [-0.3, -0.25) is 14.8 Å². The van der Waals surface area contributed by atoms with Crippen LogP contribution < -0.4 is 4.72 Å². The molecule has 0 aliphatic rings. The van der Waals surface area contributed by atoms with Crippen molar-refractivity contribution in [3.8, 4) is 11.4 Å². The molecule has 1 aromatic heterocycles. The number of rotatable bonds is 6. The molecule has 158 valence electrons. The first kappa shape index (κ1) is 21.2. The minimum absolute atomic E-state index is 0.0897. The number of benzene rings is 2. The normalized spacial score (nSPS) is 12.0. The van der Waals surface area contributed by atoms with Gasteiger partial charge in [0, 0.05) is 23.4 Å². The Labute approximate surface area is 167 Å². The number of alkyl halides is 3. The smallest absolute Gasteiger partial charge is 0.329 e. The fraction of sp³-hybridized carbons (Fsp3) is 0.176. The number of nitrogens with one attached hydrogen (secondary N) is 1. The molecular formula is C17H13F3N4O5S. The molecule has 30 heavy (non-hydrogen) atoms. The van der Waals surface area contributed by atoms with E-state index < -0.39 is 27.0 Å². The van der Waals surface area contributed by atoms with Crippen molar-refractivity contribution >= 4 is 21.4 Å². The predicted molar refractivity (Wildman–Crippen MR) is 98.0 cm³/mol. The highest BCUT2D eigenvalue weighted by Gasteiger charge is 2.38. The molecule has 0 saturated carbocycles. The maximum absolute atomic E-state index is 12.7. The quantitative estimate of drug-likeness (QED) is 0.451. The summed E-state index contributed by atoms with van der Waals surface area (Å²) in [6, 6.07) is 8.73. The van der Waals surface area contributed by atoms with Gasteiger partial charge in [-0.25, -0.2) is 8.42 Å². The van der Waals surface area contributed by atoms with Crippen LogP contribution in [0.15, 0.2) is 51.9 Å². The molecule has 2 aromatic carbocycles. The van der Waals surface area contributed by atoms with Crippen LogP contribution in [0.1, 0.15) is 18.4 Å². The third kappa shape index (κ3) is 4.40. The Bertz CT molecular complexity index is 1190. The summed E-state index contributed by atoms with van der Waals surface area (Å²) in [4.78, 5) is 13.3. The summed E-state index contributed by atoms with van der Waals surface area (Å²) in [6.07, 6.45) is -4.46. The summed E-state index contributed by atoms with van der Waals surface area (Å²) < 4.78 is 69.6. The van der Waals surface area contributed by atoms with Crippen LogP contribution in [0.3, 0.4) is 0 Å². The molecular weight excluding hydrogens is 429 g/mol. The minimum Gasteiger partial charge on any atom is -0.329 e. The number of nitrogens with zero attached hydrogens (tertiary/aromatic N) is 3. The van der Waals surface area contributed by atoms with E-state index >= 15 is 0 Å². The molecule has 0 bridgehead atoms. The van der Waals surface area contributed by atoms with E-state index in [2.05, 4.69) is 19.4 Å². The van der Waals surface area contributed by atoms with E-state index in [9.17, 15) is 31.7 Å². The Hall–Kier alpha value is -3.48. The highest BCUT2D eigenvalue weighted by atomic mass is 32.2. The highest BCUT2D eigenvalue weighted by Crippen LogP contribution is 2.30. The monoisotopic (exact) mass is 442 g/mol. The van der Waals surface area contributed by atoms with Gasteiger partial charge in [0.15, 0.2) is 0 Å². The Morgan fingerprint density at radius 2 is 1.83 bits per heavy atom. The lowest BCUT2D eigenvalue weighted by Gasteiger charge is -2.11. The number of aromatic nitrogens is 2. The van der Waals surface area contributed by atoms with Gasteiger partial charge in [-0.2, -0.15) is 18.2 Å². The Balaban J connectivity index is 1.87. The van der Waals surface area contributed by atoms with Crippen LogP contribution in [-0.2, 0) is 22.6 Å². The van der Waals surface area contributed by atoms with Crippen molar-refractivity contribution in [1.29, 1.82) is 0 Å². The molecule has 0 fully saturated rings. The third-order valence-electron chi connectivity index (χ3n) is 4.00. The molecule has 3 aromatic rings. The number of aryl methyl sites for hydroxylation is 1. The van der Waals surface area contributed by atoms with Gasteiger partial charge in [-0.05, 0) is 36.2 Å². The standard InChI is InChI=1S/C17H13F3N4O5S/c1-2-10-5-8-13(24(25)26)9-14(10)30(27,28)23-12-6-3-11(4-7-12)15-21-16(29-22-15)17(18,19)20/h3-9,23H,2H2,1H3. The number of nitro benzene ring substituents is 1. The molecule has 0 saturated heterocycles. The van der Waals surface area contributed by atoms with Gasteiger partial charge in [0.25, 0.3) is 15.7 Å². The lowest BCUT2D eigenvalue weighted by Crippen LogP contribution is -2.15. The number of hydrogen-bond acceptors (Lipinski definition) is 7. The van der Waals surface area contributed by atoms with Gasteiger partial charge in [0.05, 0.1) is 9.82 Å². The molecule has 0 atom stereocenters. The Morgan fingerprint density at radius 3 is 2.37 bits per heavy atom. The molecule has 9 nitrogen and oxygen atoms in total. The van der Waals surface area contributed by atoms with E-state index in [1.54, 1.807) is 6.92 Å². The fourth-order valence-corrected chi connectivity index (χ4v) is 3.94. The number of halogens is 3. The SMILES string of the molecule is CCc1ccc([N+](=O)[O-])cc1S(=O)(=O)Nc1ccc(-c2noc(C(F)(F)F)n2)cc1. The molecule has 0 aliphatic heterocycles. The van der Waals surface area contributed by atoms with Gasteiger partial charge in [0.2, 0.25) is 5.82 Å². The van der Waals surface area contributed by atoms with Gasteiger partial charge in [0.1, 0.15) is 0 Å². The number of anilines is 1. The van der Waals surface area contributed by atoms with E-state index in [1.165, 1.54) is 36.4 Å². The number of non-ortho nitro benzene ring substituents is 1. The molecule has 0 spiro atoms. The molecule has 0 radical (unpaired) electrons. The minimum atomic E-state index is -4.78. The van der Waals surface area contributed by atoms with E-state index in [1.807, 2.05) is 0 Å². The van der Waals surface area contributed by atoms with Crippen LogP contribution in [-0.4, -0.2) is 23.5 Å². The number of hydrogen-bond donors (Lipinski definition) is 1. The molecule has 0 amide bonds. The Morgan fingerprint density at radius 1 is 1.17 bits per heavy atom. The van der Waals surface area contributed by atoms with Crippen molar-refractivity contribution in [2.45, 2.75) is 24.4 Å². The Kier molecular flexibility index (Phi) is 5.48. The van der Waals surface area contributed by atoms with Crippen LogP contribution in [0, 0.1) is 10.1 Å². The van der Waals surface area contributed by atoms with Crippen LogP contribution in [0.5, 0.6) is 0 Å². The number of sulfonamides is 1. The van der Waals surface area contributed by atoms with Crippen molar-refractivity contribution in [2.24, 2.45) is 0 Å². The van der Waals surface area contributed by atoms with E-state index in [0.29, 0.717) is 12.0 Å². The van der Waals surface area contributed by atoms with Crippen LogP contribution in [0.4, 0.5) is 24.5 Å². The summed E-state index contributed by atoms with van der Waals surface area (Å²) in [7, 11) is -4.16. The maximum Gasteiger partial charge on any atom is 0.471 e. The van der Waals surface area contributed by atoms with Gasteiger partial charge in [-0.15, -0.1) is 0 Å². The topological polar surface area (TPSA) is 128 Å². The van der Waals surface area contributed by atoms with E-state index in [4.69, 9.17) is 0 Å². The highest BCUT2D eigenvalue weighted by molar-refractivity contribution is 7.92. The average Bonchev–Trinajstić information content (AvgIpc) is 3.18. The lowest BCUT2D eigenvalue weighted by molar-refractivity contribution is -0.385. The third-order valence-corrected chi connectivity index (χ3v) is 5.46. The first-order valence-electron chi connectivity index (χ1n) is 8.32. The van der Waals surface area contributed by atoms with E-state index in [-0.39, 0.29) is 27.7 Å². The average molecular weight is 442 g/mol. The van der Waals surface area contributed by atoms with Crippen molar-refractivity contribution in [1.82, 2.24) is 10.1 Å². The molecule has 0 aliphatic carbocycles. The van der Waals surface area contributed by atoms with Gasteiger partial charge >= 0.3 is 12.1 Å². The van der Waals surface area contributed by atoms with Gasteiger partial charge in [-0.1, -0.05) is 18.1 Å². The zero-order chi connectivity index (χ0) is 22.1. The van der Waals surface area contributed by atoms with Crippen molar-refractivity contribution in [2.75, 3.05) is 4.72 Å². The summed E-state index contributed by atoms with van der Waals surface area (Å²) in [5.74, 6) is -1.82. The van der Waals surface area contributed by atoms with Crippen molar-refractivity contribution in [3.05, 3.63) is 64.0 Å². The van der Waals surface area contributed by atoms with Crippen LogP contribution in [0.2, 0.25) is 0 Å². The second kappa shape index (κ2) is 7.74. The number of nitro groups is 1. The zero-order valence-corrected chi connectivity index (χ0v) is 16.0. The van der Waals surface area contributed by atoms with Crippen molar-refractivity contribution in [3.63, 3.8) is 0 Å². The fourth-order valence-electron chi connectivity index (χ4n) is 2.55. The van der Waals surface area contributed by atoms with Crippen molar-refractivity contribution < 1.29 is 31.0 Å². The van der Waals surface area contributed by atoms with Crippen LogP contribution >= 0.6 is 0 Å². The predicted octanol–water partition coefficient (Wildman–Crippen LogP) is 4.03. The summed E-state index contributed by atoms with van der Waals surface area (Å²) in [5.41, 5.74) is 0.269. The molecule has 0 unspecified atom stereocenters. The maximum atomic E-state index is 12.7. The second-order valence-electron chi connectivity index (χ2n) is 6.01. The first-order valence-corrected chi connectivity index (χ1v) is 9.81.